The van der Waals surface area contributed by atoms with E-state index >= 15 is 0 Å². The molecule has 0 aromatic heterocycles. The third kappa shape index (κ3) is 7.83. The predicted molar refractivity (Wildman–Crippen MR) is 70.2 cm³/mol. The topological polar surface area (TPSA) is 44.8 Å². The van der Waals surface area contributed by atoms with E-state index in [0.717, 1.165) is 0 Å². The quantitative estimate of drug-likeness (QED) is 0.323. The van der Waals surface area contributed by atoms with Crippen LogP contribution in [0.5, 0.6) is 0 Å². The van der Waals surface area contributed by atoms with Gasteiger partial charge in [-0.3, -0.25) is 9.05 Å². The Morgan fingerprint density at radius 3 is 1.95 bits per heavy atom. The second-order valence-electron chi connectivity index (χ2n) is 4.54. The Hall–Kier alpha value is -0.590. The molecule has 0 amide bonds. The smallest absolute Gasteiger partial charge is 0.405 e. The van der Waals surface area contributed by atoms with Crippen LogP contribution in [-0.4, -0.2) is 19.4 Å². The molecule has 0 N–H and O–H groups in total. The molecule has 0 aliphatic carbocycles. The van der Waals surface area contributed by atoms with Crippen molar-refractivity contribution in [1.29, 1.82) is 0 Å². The van der Waals surface area contributed by atoms with Crippen LogP contribution in [0.3, 0.4) is 0 Å². The number of halogens is 4. The van der Waals surface area contributed by atoms with Crippen LogP contribution < -0.4 is 0 Å². The number of phosphoric acid groups is 1. The molecule has 0 bridgehead atoms. The highest BCUT2D eigenvalue weighted by molar-refractivity contribution is 7.48. The molecule has 4 nitrogen and oxygen atoms in total. The van der Waals surface area contributed by atoms with E-state index in [2.05, 4.69) is 4.52 Å². The van der Waals surface area contributed by atoms with E-state index < -0.39 is 25.6 Å². The summed E-state index contributed by atoms with van der Waals surface area (Å²) in [6, 6.07) is 0. The van der Waals surface area contributed by atoms with Crippen molar-refractivity contribution in [1.82, 2.24) is 0 Å². The molecule has 0 saturated carbocycles. The molecule has 0 rings (SSSR count). The first-order chi connectivity index (χ1) is 9.55. The van der Waals surface area contributed by atoms with Gasteiger partial charge in [0, 0.05) is 6.42 Å². The standard InChI is InChI=1S/C12H21F4O4P/c1-5-18-21(17,19-6-2)20-10(8-7-9(3)4)11(13)12(14,15)16/h9H,5-8H2,1-4H3/b11-10+. The van der Waals surface area contributed by atoms with Crippen LogP contribution in [0.15, 0.2) is 11.6 Å². The summed E-state index contributed by atoms with van der Waals surface area (Å²) in [5, 5.41) is 0. The minimum absolute atomic E-state index is 0.0169. The Kier molecular flexibility index (Phi) is 8.51. The van der Waals surface area contributed by atoms with Crippen LogP contribution in [0.2, 0.25) is 0 Å². The molecule has 0 aliphatic rings. The van der Waals surface area contributed by atoms with Crippen LogP contribution in [0.1, 0.15) is 40.5 Å². The van der Waals surface area contributed by atoms with E-state index in [1.165, 1.54) is 13.8 Å². The Labute approximate surface area is 122 Å². The Morgan fingerprint density at radius 1 is 1.14 bits per heavy atom. The maximum atomic E-state index is 13.4. The summed E-state index contributed by atoms with van der Waals surface area (Å²) in [6.07, 6.45) is -5.33. The average molecular weight is 336 g/mol. The van der Waals surface area contributed by atoms with Crippen molar-refractivity contribution < 1.29 is 35.7 Å². The van der Waals surface area contributed by atoms with Crippen LogP contribution in [-0.2, 0) is 18.1 Å². The highest BCUT2D eigenvalue weighted by Crippen LogP contribution is 2.53. The minimum atomic E-state index is -5.21. The third-order valence-electron chi connectivity index (χ3n) is 2.24. The third-order valence-corrected chi connectivity index (χ3v) is 3.83. The Balaban J connectivity index is 5.35. The van der Waals surface area contributed by atoms with Crippen molar-refractivity contribution >= 4 is 7.82 Å². The van der Waals surface area contributed by atoms with Gasteiger partial charge in [0.1, 0.15) is 5.76 Å². The van der Waals surface area contributed by atoms with Crippen molar-refractivity contribution in [3.63, 3.8) is 0 Å². The van der Waals surface area contributed by atoms with Crippen LogP contribution in [0.25, 0.3) is 0 Å². The number of allylic oxidation sites excluding steroid dienone is 2. The first-order valence-corrected chi connectivity index (χ1v) is 8.06. The van der Waals surface area contributed by atoms with E-state index in [4.69, 9.17) is 9.05 Å². The molecule has 0 spiro atoms. The van der Waals surface area contributed by atoms with Gasteiger partial charge in [-0.25, -0.2) is 4.57 Å². The fourth-order valence-corrected chi connectivity index (χ4v) is 2.57. The second-order valence-corrected chi connectivity index (χ2v) is 6.13. The molecule has 0 fully saturated rings. The summed E-state index contributed by atoms with van der Waals surface area (Å²) in [4.78, 5) is 0. The van der Waals surface area contributed by atoms with Crippen molar-refractivity contribution in [3.05, 3.63) is 11.6 Å². The Morgan fingerprint density at radius 2 is 1.62 bits per heavy atom. The normalized spacial score (nSPS) is 14.3. The maximum absolute atomic E-state index is 13.4. The first kappa shape index (κ1) is 20.4. The van der Waals surface area contributed by atoms with Gasteiger partial charge in [-0.2, -0.15) is 17.6 Å². The largest absolute Gasteiger partial charge is 0.529 e. The molecule has 0 radical (unpaired) electrons. The summed E-state index contributed by atoms with van der Waals surface area (Å²) in [6.45, 7) is 6.23. The lowest BCUT2D eigenvalue weighted by atomic mass is 10.1. The molecule has 0 unspecified atom stereocenters. The number of alkyl halides is 3. The average Bonchev–Trinajstić information content (AvgIpc) is 2.32. The number of phosphoric ester groups is 1. The van der Waals surface area contributed by atoms with Gasteiger partial charge in [0.2, 0.25) is 5.83 Å². The summed E-state index contributed by atoms with van der Waals surface area (Å²) < 4.78 is 77.0. The number of hydrogen-bond acceptors (Lipinski definition) is 4. The van der Waals surface area contributed by atoms with Crippen molar-refractivity contribution in [3.8, 4) is 0 Å². The molecule has 9 heteroatoms. The summed E-state index contributed by atoms with van der Waals surface area (Å²) in [5.41, 5.74) is 0. The van der Waals surface area contributed by atoms with Crippen molar-refractivity contribution in [2.24, 2.45) is 5.92 Å². The SMILES string of the molecule is CCOP(=O)(OCC)O/C(CCC(C)C)=C(/F)C(F)(F)F. The number of rotatable bonds is 9. The number of hydrogen-bond donors (Lipinski definition) is 0. The zero-order valence-electron chi connectivity index (χ0n) is 12.5. The van der Waals surface area contributed by atoms with E-state index in [1.807, 2.05) is 0 Å². The summed E-state index contributed by atoms with van der Waals surface area (Å²) >= 11 is 0. The molecule has 21 heavy (non-hydrogen) atoms. The molecule has 0 heterocycles. The van der Waals surface area contributed by atoms with Crippen molar-refractivity contribution in [2.45, 2.75) is 46.7 Å². The lowest BCUT2D eigenvalue weighted by Crippen LogP contribution is -2.13. The summed E-state index contributed by atoms with van der Waals surface area (Å²) in [7, 11) is -4.26. The second kappa shape index (κ2) is 8.76. The molecule has 0 aromatic carbocycles. The highest BCUT2D eigenvalue weighted by atomic mass is 31.2. The van der Waals surface area contributed by atoms with E-state index in [0.29, 0.717) is 0 Å². The minimum Gasteiger partial charge on any atom is -0.405 e. The van der Waals surface area contributed by atoms with Crippen LogP contribution in [0, 0.1) is 5.92 Å². The molecule has 0 atom stereocenters. The van der Waals surface area contributed by atoms with Gasteiger partial charge in [0.25, 0.3) is 0 Å². The molecular weight excluding hydrogens is 315 g/mol. The monoisotopic (exact) mass is 336 g/mol. The molecular formula is C12H21F4O4P. The van der Waals surface area contributed by atoms with Gasteiger partial charge in [-0.1, -0.05) is 13.8 Å². The first-order valence-electron chi connectivity index (χ1n) is 6.60. The van der Waals surface area contributed by atoms with Gasteiger partial charge < -0.3 is 4.52 Å². The van der Waals surface area contributed by atoms with Gasteiger partial charge in [-0.15, -0.1) is 0 Å². The zero-order chi connectivity index (χ0) is 16.7. The fourth-order valence-electron chi connectivity index (χ4n) is 1.31. The zero-order valence-corrected chi connectivity index (χ0v) is 13.4. The lowest BCUT2D eigenvalue weighted by Gasteiger charge is -2.20. The van der Waals surface area contributed by atoms with Crippen LogP contribution in [0.4, 0.5) is 17.6 Å². The maximum Gasteiger partial charge on any atom is 0.529 e. The molecule has 126 valence electrons. The summed E-state index contributed by atoms with van der Waals surface area (Å²) in [5.74, 6) is -3.45. The van der Waals surface area contributed by atoms with Crippen LogP contribution >= 0.6 is 7.82 Å². The van der Waals surface area contributed by atoms with Gasteiger partial charge in [0.15, 0.2) is 0 Å². The highest BCUT2D eigenvalue weighted by Gasteiger charge is 2.41. The molecule has 0 saturated heterocycles. The van der Waals surface area contributed by atoms with Gasteiger partial charge in [-0.05, 0) is 26.2 Å². The van der Waals surface area contributed by atoms with Gasteiger partial charge >= 0.3 is 14.0 Å². The van der Waals surface area contributed by atoms with E-state index in [9.17, 15) is 22.1 Å². The molecule has 0 aliphatic heterocycles. The fraction of sp³-hybridized carbons (Fsp3) is 0.833. The van der Waals surface area contributed by atoms with Crippen molar-refractivity contribution in [2.75, 3.05) is 13.2 Å². The van der Waals surface area contributed by atoms with E-state index in [1.54, 1.807) is 13.8 Å². The predicted octanol–water partition coefficient (Wildman–Crippen LogP) is 5.36. The van der Waals surface area contributed by atoms with Gasteiger partial charge in [0.05, 0.1) is 13.2 Å². The van der Waals surface area contributed by atoms with E-state index in [-0.39, 0.29) is 32.0 Å². The lowest BCUT2D eigenvalue weighted by molar-refractivity contribution is -0.112. The molecule has 0 aromatic rings. The Bertz CT molecular complexity index is 383.